The lowest BCUT2D eigenvalue weighted by molar-refractivity contribution is 0.0695. The number of benzene rings is 1. The Morgan fingerprint density at radius 2 is 2.00 bits per heavy atom. The molecule has 2 aromatic rings. The van der Waals surface area contributed by atoms with Crippen LogP contribution in [0.5, 0.6) is 5.75 Å². The molecule has 1 amide bonds. The molecule has 0 saturated carbocycles. The summed E-state index contributed by atoms with van der Waals surface area (Å²) in [6, 6.07) is 9.80. The van der Waals surface area contributed by atoms with Crippen molar-refractivity contribution in [2.45, 2.75) is 19.4 Å². The Bertz CT molecular complexity index is 783. The normalized spacial score (nSPS) is 16.4. The van der Waals surface area contributed by atoms with Crippen molar-refractivity contribution >= 4 is 17.6 Å². The van der Waals surface area contributed by atoms with Gasteiger partial charge in [-0.3, -0.25) is 4.79 Å². The predicted molar refractivity (Wildman–Crippen MR) is 90.2 cm³/mol. The van der Waals surface area contributed by atoms with Crippen LogP contribution in [0.1, 0.15) is 33.0 Å². The van der Waals surface area contributed by atoms with Gasteiger partial charge in [0.1, 0.15) is 17.5 Å². The van der Waals surface area contributed by atoms with Crippen molar-refractivity contribution in [2.75, 3.05) is 18.5 Å². The van der Waals surface area contributed by atoms with Crippen molar-refractivity contribution in [1.29, 1.82) is 0 Å². The van der Waals surface area contributed by atoms with E-state index in [4.69, 9.17) is 14.6 Å². The fraction of sp³-hybridized carbons (Fsp3) is 0.278. The first-order chi connectivity index (χ1) is 12.0. The molecule has 3 rings (SSSR count). The minimum Gasteiger partial charge on any atom is -0.488 e. The lowest BCUT2D eigenvalue weighted by Gasteiger charge is -2.12. The molecule has 130 valence electrons. The van der Waals surface area contributed by atoms with E-state index in [0.29, 0.717) is 30.3 Å². The Hall–Kier alpha value is -2.93. The van der Waals surface area contributed by atoms with Gasteiger partial charge >= 0.3 is 5.97 Å². The van der Waals surface area contributed by atoms with Crippen LogP contribution in [-0.4, -0.2) is 41.3 Å². The number of ether oxygens (including phenoxy) is 2. The van der Waals surface area contributed by atoms with Crippen LogP contribution >= 0.6 is 0 Å². The van der Waals surface area contributed by atoms with Crippen LogP contribution in [0.2, 0.25) is 0 Å². The highest BCUT2D eigenvalue weighted by Crippen LogP contribution is 2.20. The number of pyridine rings is 1. The van der Waals surface area contributed by atoms with Crippen molar-refractivity contribution < 1.29 is 24.2 Å². The van der Waals surface area contributed by atoms with Gasteiger partial charge in [-0.1, -0.05) is 0 Å². The van der Waals surface area contributed by atoms with Gasteiger partial charge in [0.05, 0.1) is 24.5 Å². The van der Waals surface area contributed by atoms with Crippen molar-refractivity contribution in [2.24, 2.45) is 0 Å². The molecule has 0 aliphatic carbocycles. The maximum absolute atomic E-state index is 12.2. The molecule has 1 fully saturated rings. The van der Waals surface area contributed by atoms with E-state index in [0.717, 1.165) is 6.42 Å². The van der Waals surface area contributed by atoms with Crippen LogP contribution in [0.15, 0.2) is 36.4 Å². The quantitative estimate of drug-likeness (QED) is 0.866. The van der Waals surface area contributed by atoms with E-state index in [1.54, 1.807) is 31.2 Å². The number of hydrogen-bond donors (Lipinski definition) is 2. The van der Waals surface area contributed by atoms with E-state index in [1.807, 2.05) is 0 Å². The minimum atomic E-state index is -1.07. The Kier molecular flexibility index (Phi) is 4.95. The minimum absolute atomic E-state index is 0.0698. The summed E-state index contributed by atoms with van der Waals surface area (Å²) in [6.45, 7) is 2.86. The van der Waals surface area contributed by atoms with Crippen LogP contribution in [0.4, 0.5) is 5.69 Å². The summed E-state index contributed by atoms with van der Waals surface area (Å²) in [5, 5.41) is 11.7. The molecule has 7 nitrogen and oxygen atoms in total. The molecule has 1 aliphatic heterocycles. The summed E-state index contributed by atoms with van der Waals surface area (Å²) >= 11 is 0. The topological polar surface area (TPSA) is 97.8 Å². The van der Waals surface area contributed by atoms with E-state index in [2.05, 4.69) is 10.3 Å². The molecular formula is C18H18N2O5. The SMILES string of the molecule is Cc1nc(C(=O)Nc2ccc(OC3CCOC3)cc2)ccc1C(=O)O. The van der Waals surface area contributed by atoms with Gasteiger partial charge in [-0.05, 0) is 43.3 Å². The van der Waals surface area contributed by atoms with E-state index in [-0.39, 0.29) is 17.4 Å². The monoisotopic (exact) mass is 342 g/mol. The first kappa shape index (κ1) is 16.9. The highest BCUT2D eigenvalue weighted by molar-refractivity contribution is 6.03. The predicted octanol–water partition coefficient (Wildman–Crippen LogP) is 2.51. The molecule has 0 spiro atoms. The molecule has 1 aromatic heterocycles. The first-order valence-electron chi connectivity index (χ1n) is 7.89. The third-order valence-electron chi connectivity index (χ3n) is 3.85. The van der Waals surface area contributed by atoms with Gasteiger partial charge in [-0.15, -0.1) is 0 Å². The summed E-state index contributed by atoms with van der Waals surface area (Å²) in [6.07, 6.45) is 0.941. The van der Waals surface area contributed by atoms with Crippen molar-refractivity contribution in [1.82, 2.24) is 4.98 Å². The zero-order valence-electron chi connectivity index (χ0n) is 13.7. The second-order valence-electron chi connectivity index (χ2n) is 5.72. The molecule has 2 N–H and O–H groups in total. The Balaban J connectivity index is 1.64. The van der Waals surface area contributed by atoms with Crippen molar-refractivity contribution in [3.8, 4) is 5.75 Å². The lowest BCUT2D eigenvalue weighted by atomic mass is 10.2. The maximum Gasteiger partial charge on any atom is 0.337 e. The summed E-state index contributed by atoms with van der Waals surface area (Å²) < 4.78 is 11.0. The van der Waals surface area contributed by atoms with Gasteiger partial charge in [0, 0.05) is 12.1 Å². The standard InChI is InChI=1S/C18H18N2O5/c1-11-15(18(22)23)6-7-16(19-11)17(21)20-12-2-4-13(5-3-12)25-14-8-9-24-10-14/h2-7,14H,8-10H2,1H3,(H,20,21)(H,22,23). The van der Waals surface area contributed by atoms with Gasteiger partial charge < -0.3 is 19.9 Å². The van der Waals surface area contributed by atoms with Crippen molar-refractivity contribution in [3.63, 3.8) is 0 Å². The third kappa shape index (κ3) is 4.13. The van der Waals surface area contributed by atoms with Crippen molar-refractivity contribution in [3.05, 3.63) is 53.3 Å². The number of carbonyl (C=O) groups excluding carboxylic acids is 1. The van der Waals surface area contributed by atoms with E-state index in [9.17, 15) is 9.59 Å². The number of anilines is 1. The molecular weight excluding hydrogens is 324 g/mol. The summed E-state index contributed by atoms with van der Waals surface area (Å²) in [5.41, 5.74) is 1.13. The molecule has 25 heavy (non-hydrogen) atoms. The van der Waals surface area contributed by atoms with Crippen LogP contribution in [-0.2, 0) is 4.74 Å². The van der Waals surface area contributed by atoms with Gasteiger partial charge in [0.2, 0.25) is 0 Å². The number of hydrogen-bond acceptors (Lipinski definition) is 5. The first-order valence-corrected chi connectivity index (χ1v) is 7.89. The highest BCUT2D eigenvalue weighted by atomic mass is 16.5. The average molecular weight is 342 g/mol. The summed E-state index contributed by atoms with van der Waals surface area (Å²) in [7, 11) is 0. The Morgan fingerprint density at radius 1 is 1.24 bits per heavy atom. The number of carbonyl (C=O) groups is 2. The van der Waals surface area contributed by atoms with E-state index < -0.39 is 11.9 Å². The van der Waals surface area contributed by atoms with Gasteiger partial charge in [-0.25, -0.2) is 9.78 Å². The summed E-state index contributed by atoms with van der Waals surface area (Å²) in [4.78, 5) is 27.3. The lowest BCUT2D eigenvalue weighted by Crippen LogP contribution is -2.16. The maximum atomic E-state index is 12.2. The molecule has 7 heteroatoms. The molecule has 1 aliphatic rings. The smallest absolute Gasteiger partial charge is 0.337 e. The number of aryl methyl sites for hydroxylation is 1. The molecule has 0 radical (unpaired) electrons. The third-order valence-corrected chi connectivity index (χ3v) is 3.85. The van der Waals surface area contributed by atoms with Gasteiger partial charge in [-0.2, -0.15) is 0 Å². The van der Waals surface area contributed by atoms with Crippen LogP contribution in [0.3, 0.4) is 0 Å². The fourth-order valence-corrected chi connectivity index (χ4v) is 2.52. The zero-order valence-corrected chi connectivity index (χ0v) is 13.7. The molecule has 2 heterocycles. The van der Waals surface area contributed by atoms with Gasteiger partial charge in [0.25, 0.3) is 5.91 Å². The molecule has 1 saturated heterocycles. The number of carboxylic acid groups (broad SMARTS) is 1. The average Bonchev–Trinajstić information content (AvgIpc) is 3.09. The number of carboxylic acids is 1. The zero-order chi connectivity index (χ0) is 17.8. The fourth-order valence-electron chi connectivity index (χ4n) is 2.52. The number of nitrogens with zero attached hydrogens (tertiary/aromatic N) is 1. The molecule has 0 bridgehead atoms. The largest absolute Gasteiger partial charge is 0.488 e. The number of amides is 1. The Labute approximate surface area is 144 Å². The number of aromatic nitrogens is 1. The van der Waals surface area contributed by atoms with E-state index in [1.165, 1.54) is 12.1 Å². The number of nitrogens with one attached hydrogen (secondary N) is 1. The van der Waals surface area contributed by atoms with E-state index >= 15 is 0 Å². The highest BCUT2D eigenvalue weighted by Gasteiger charge is 2.17. The molecule has 1 atom stereocenters. The second-order valence-corrected chi connectivity index (χ2v) is 5.72. The summed E-state index contributed by atoms with van der Waals surface area (Å²) in [5.74, 6) is -0.758. The Morgan fingerprint density at radius 3 is 2.60 bits per heavy atom. The van der Waals surface area contributed by atoms with Crippen LogP contribution in [0, 0.1) is 6.92 Å². The van der Waals surface area contributed by atoms with Crippen LogP contribution in [0.25, 0.3) is 0 Å². The van der Waals surface area contributed by atoms with Crippen LogP contribution < -0.4 is 10.1 Å². The van der Waals surface area contributed by atoms with Gasteiger partial charge in [0.15, 0.2) is 0 Å². The molecule has 1 unspecified atom stereocenters. The number of rotatable bonds is 5. The number of aromatic carboxylic acids is 1. The second kappa shape index (κ2) is 7.31. The molecule has 1 aromatic carbocycles.